The number of carbonyl (C=O) groups excluding carboxylic acids is 2. The zero-order valence-electron chi connectivity index (χ0n) is 16.7. The predicted octanol–water partition coefficient (Wildman–Crippen LogP) is 2.88. The molecule has 5 nitrogen and oxygen atoms in total. The van der Waals surface area contributed by atoms with E-state index < -0.39 is 5.41 Å². The Labute approximate surface area is 161 Å². The van der Waals surface area contributed by atoms with Gasteiger partial charge in [-0.15, -0.1) is 0 Å². The van der Waals surface area contributed by atoms with Gasteiger partial charge in [0.2, 0.25) is 5.91 Å². The maximum Gasteiger partial charge on any atom is 0.314 e. The number of nitrogens with zero attached hydrogens (tertiary/aromatic N) is 2. The van der Waals surface area contributed by atoms with Crippen LogP contribution in [-0.4, -0.2) is 61.0 Å². The average molecular weight is 378 g/mol. The highest BCUT2D eigenvalue weighted by Crippen LogP contribution is 2.35. The lowest BCUT2D eigenvalue weighted by Gasteiger charge is -2.41. The Kier molecular flexibility index (Phi) is 7.78. The molecule has 1 aromatic carbocycles. The number of esters is 1. The number of halogens is 1. The van der Waals surface area contributed by atoms with Crippen molar-refractivity contribution in [2.45, 2.75) is 40.0 Å². The first-order valence-electron chi connectivity index (χ1n) is 9.86. The van der Waals surface area contributed by atoms with E-state index in [1.807, 2.05) is 13.8 Å². The molecule has 0 saturated carbocycles. The minimum Gasteiger partial charge on any atom is -0.466 e. The van der Waals surface area contributed by atoms with Crippen molar-refractivity contribution in [3.8, 4) is 0 Å². The van der Waals surface area contributed by atoms with Crippen molar-refractivity contribution in [2.24, 2.45) is 5.41 Å². The Hall–Kier alpha value is -1.95. The molecule has 1 heterocycles. The summed E-state index contributed by atoms with van der Waals surface area (Å²) in [6.07, 6.45) is 1.86. The quantitative estimate of drug-likeness (QED) is 0.653. The van der Waals surface area contributed by atoms with Gasteiger partial charge in [-0.05, 0) is 57.0 Å². The number of benzene rings is 1. The predicted molar refractivity (Wildman–Crippen MR) is 103 cm³/mol. The van der Waals surface area contributed by atoms with Crippen LogP contribution in [-0.2, 0) is 20.7 Å². The molecule has 1 fully saturated rings. The van der Waals surface area contributed by atoms with Crippen molar-refractivity contribution >= 4 is 11.9 Å². The Morgan fingerprint density at radius 1 is 1.19 bits per heavy atom. The minimum atomic E-state index is -0.773. The number of amides is 1. The summed E-state index contributed by atoms with van der Waals surface area (Å²) in [4.78, 5) is 29.5. The van der Waals surface area contributed by atoms with Crippen LogP contribution in [0.25, 0.3) is 0 Å². The van der Waals surface area contributed by atoms with Gasteiger partial charge in [-0.25, -0.2) is 4.39 Å². The monoisotopic (exact) mass is 378 g/mol. The number of carbonyl (C=O) groups is 2. The summed E-state index contributed by atoms with van der Waals surface area (Å²) in [5, 5.41) is 0. The Morgan fingerprint density at radius 2 is 1.85 bits per heavy atom. The summed E-state index contributed by atoms with van der Waals surface area (Å²) < 4.78 is 18.6. The van der Waals surface area contributed by atoms with E-state index in [1.165, 1.54) is 12.1 Å². The third-order valence-corrected chi connectivity index (χ3v) is 5.35. The van der Waals surface area contributed by atoms with Crippen molar-refractivity contribution in [2.75, 3.05) is 39.3 Å². The van der Waals surface area contributed by atoms with Crippen molar-refractivity contribution in [1.29, 1.82) is 0 Å². The molecule has 0 unspecified atom stereocenters. The SMILES string of the molecule is CCOC(=O)[C@]1(Cc2ccc(F)cc2)CCCN(C(=O)CN(CC)CC)C1. The number of likely N-dealkylation sites (N-methyl/N-ethyl adjacent to an activating group) is 1. The molecule has 2 rings (SSSR count). The van der Waals surface area contributed by atoms with E-state index in [0.717, 1.165) is 25.1 Å². The average Bonchev–Trinajstić information content (AvgIpc) is 2.68. The molecule has 0 aliphatic carbocycles. The van der Waals surface area contributed by atoms with Crippen LogP contribution in [0.3, 0.4) is 0 Å². The van der Waals surface area contributed by atoms with Gasteiger partial charge in [-0.2, -0.15) is 0 Å². The summed E-state index contributed by atoms with van der Waals surface area (Å²) >= 11 is 0. The van der Waals surface area contributed by atoms with Crippen LogP contribution in [0.2, 0.25) is 0 Å². The topological polar surface area (TPSA) is 49.9 Å². The summed E-state index contributed by atoms with van der Waals surface area (Å²) in [6, 6.07) is 6.21. The molecule has 0 aromatic heterocycles. The van der Waals surface area contributed by atoms with Crippen LogP contribution in [0.5, 0.6) is 0 Å². The van der Waals surface area contributed by atoms with Gasteiger partial charge in [0.25, 0.3) is 0 Å². The van der Waals surface area contributed by atoms with E-state index in [0.29, 0.717) is 39.1 Å². The van der Waals surface area contributed by atoms with Crippen LogP contribution in [0.1, 0.15) is 39.2 Å². The van der Waals surface area contributed by atoms with Crippen molar-refractivity contribution < 1.29 is 18.7 Å². The van der Waals surface area contributed by atoms with Crippen molar-refractivity contribution in [1.82, 2.24) is 9.80 Å². The molecule has 1 aliphatic heterocycles. The van der Waals surface area contributed by atoms with E-state index in [1.54, 1.807) is 24.0 Å². The number of piperidine rings is 1. The Morgan fingerprint density at radius 3 is 2.44 bits per heavy atom. The molecule has 0 radical (unpaired) electrons. The van der Waals surface area contributed by atoms with Gasteiger partial charge in [-0.3, -0.25) is 14.5 Å². The molecule has 27 heavy (non-hydrogen) atoms. The second-order valence-corrected chi connectivity index (χ2v) is 7.18. The third kappa shape index (κ3) is 5.51. The lowest BCUT2D eigenvalue weighted by atomic mass is 9.75. The largest absolute Gasteiger partial charge is 0.466 e. The molecular weight excluding hydrogens is 347 g/mol. The van der Waals surface area contributed by atoms with Crippen LogP contribution >= 0.6 is 0 Å². The fourth-order valence-electron chi connectivity index (χ4n) is 3.74. The summed E-state index contributed by atoms with van der Waals surface area (Å²) in [5.41, 5.74) is 0.105. The van der Waals surface area contributed by atoms with Gasteiger partial charge in [0.05, 0.1) is 18.6 Å². The highest BCUT2D eigenvalue weighted by molar-refractivity contribution is 5.82. The number of ether oxygens (including phenoxy) is 1. The molecule has 1 atom stereocenters. The molecule has 1 saturated heterocycles. The van der Waals surface area contributed by atoms with Gasteiger partial charge < -0.3 is 9.64 Å². The van der Waals surface area contributed by atoms with Gasteiger partial charge >= 0.3 is 5.97 Å². The smallest absolute Gasteiger partial charge is 0.314 e. The van der Waals surface area contributed by atoms with Gasteiger partial charge in [-0.1, -0.05) is 26.0 Å². The lowest BCUT2D eigenvalue weighted by Crippen LogP contribution is -2.53. The van der Waals surface area contributed by atoms with Crippen molar-refractivity contribution in [3.63, 3.8) is 0 Å². The zero-order chi connectivity index (χ0) is 19.9. The maximum absolute atomic E-state index is 13.2. The molecule has 1 amide bonds. The highest BCUT2D eigenvalue weighted by Gasteiger charge is 2.44. The Balaban J connectivity index is 2.20. The van der Waals surface area contributed by atoms with E-state index >= 15 is 0 Å². The first-order valence-corrected chi connectivity index (χ1v) is 9.86. The molecule has 150 valence electrons. The van der Waals surface area contributed by atoms with Crippen LogP contribution in [0.15, 0.2) is 24.3 Å². The highest BCUT2D eigenvalue weighted by atomic mass is 19.1. The Bertz CT molecular complexity index is 631. The molecule has 1 aromatic rings. The second kappa shape index (κ2) is 9.83. The van der Waals surface area contributed by atoms with Gasteiger partial charge in [0.15, 0.2) is 0 Å². The fourth-order valence-corrected chi connectivity index (χ4v) is 3.74. The number of hydrogen-bond donors (Lipinski definition) is 0. The third-order valence-electron chi connectivity index (χ3n) is 5.35. The molecule has 0 spiro atoms. The zero-order valence-corrected chi connectivity index (χ0v) is 16.7. The van der Waals surface area contributed by atoms with Gasteiger partial charge in [0, 0.05) is 13.1 Å². The normalized spacial score (nSPS) is 20.0. The summed E-state index contributed by atoms with van der Waals surface area (Å²) in [5.74, 6) is -0.524. The van der Waals surface area contributed by atoms with Gasteiger partial charge in [0.1, 0.15) is 5.82 Å². The summed E-state index contributed by atoms with van der Waals surface area (Å²) in [7, 11) is 0. The van der Waals surface area contributed by atoms with Crippen LogP contribution < -0.4 is 0 Å². The lowest BCUT2D eigenvalue weighted by molar-refractivity contribution is -0.161. The minimum absolute atomic E-state index is 0.0474. The van der Waals surface area contributed by atoms with E-state index in [-0.39, 0.29) is 17.7 Å². The second-order valence-electron chi connectivity index (χ2n) is 7.18. The fraction of sp³-hybridized carbons (Fsp3) is 0.619. The maximum atomic E-state index is 13.2. The standard InChI is InChI=1S/C21H31FN2O3/c1-4-23(5-2)15-19(25)24-13-7-12-21(16-24,20(26)27-6-3)14-17-8-10-18(22)11-9-17/h8-11H,4-7,12-16H2,1-3H3/t21-/m0/s1. The van der Waals surface area contributed by atoms with E-state index in [9.17, 15) is 14.0 Å². The van der Waals surface area contributed by atoms with Crippen molar-refractivity contribution in [3.05, 3.63) is 35.6 Å². The van der Waals surface area contributed by atoms with E-state index in [2.05, 4.69) is 4.90 Å². The molecule has 0 N–H and O–H groups in total. The first-order chi connectivity index (χ1) is 12.9. The molecule has 6 heteroatoms. The number of hydrogen-bond acceptors (Lipinski definition) is 4. The van der Waals surface area contributed by atoms with E-state index in [4.69, 9.17) is 4.74 Å². The molecule has 1 aliphatic rings. The molecule has 0 bridgehead atoms. The number of likely N-dealkylation sites (tertiary alicyclic amines) is 1. The summed E-state index contributed by atoms with van der Waals surface area (Å²) in [6.45, 7) is 9.15. The van der Waals surface area contributed by atoms with Crippen LogP contribution in [0, 0.1) is 11.2 Å². The number of rotatable bonds is 8. The molecular formula is C21H31FN2O3. The first kappa shape index (κ1) is 21.4. The van der Waals surface area contributed by atoms with Crippen LogP contribution in [0.4, 0.5) is 4.39 Å².